The summed E-state index contributed by atoms with van der Waals surface area (Å²) in [5.74, 6) is 1.20. The molecule has 3 heteroatoms. The molecule has 1 atom stereocenters. The van der Waals surface area contributed by atoms with Gasteiger partial charge in [-0.05, 0) is 24.7 Å². The second kappa shape index (κ2) is 6.46. The first-order valence-corrected chi connectivity index (χ1v) is 5.96. The molecule has 0 spiro atoms. The van der Waals surface area contributed by atoms with E-state index in [0.29, 0.717) is 5.92 Å². The van der Waals surface area contributed by atoms with Crippen molar-refractivity contribution in [1.29, 1.82) is 0 Å². The summed E-state index contributed by atoms with van der Waals surface area (Å²) in [5.41, 5.74) is 0. The molecule has 0 bridgehead atoms. The van der Waals surface area contributed by atoms with Crippen molar-refractivity contribution in [2.75, 3.05) is 14.2 Å². The lowest BCUT2D eigenvalue weighted by Gasteiger charge is -2.33. The van der Waals surface area contributed by atoms with Gasteiger partial charge in [0.15, 0.2) is 6.29 Å². The van der Waals surface area contributed by atoms with Crippen LogP contribution in [0.4, 0.5) is 0 Å². The lowest BCUT2D eigenvalue weighted by Crippen LogP contribution is -2.38. The minimum Gasteiger partial charge on any atom is -0.388 e. The number of aliphatic hydroxyl groups excluding tert-OH is 1. The smallest absolute Gasteiger partial charge is 0.182 e. The maximum Gasteiger partial charge on any atom is 0.182 e. The number of ether oxygens (including phenoxy) is 2. The predicted octanol–water partition coefficient (Wildman–Crippen LogP) is 2.18. The van der Waals surface area contributed by atoms with Gasteiger partial charge in [-0.2, -0.15) is 0 Å². The van der Waals surface area contributed by atoms with Crippen molar-refractivity contribution in [2.24, 2.45) is 11.8 Å². The number of rotatable bonds is 5. The van der Waals surface area contributed by atoms with Gasteiger partial charge in [0.05, 0.1) is 0 Å². The largest absolute Gasteiger partial charge is 0.388 e. The lowest BCUT2D eigenvalue weighted by atomic mass is 9.78. The van der Waals surface area contributed by atoms with Gasteiger partial charge in [-0.1, -0.05) is 26.2 Å². The highest BCUT2D eigenvalue weighted by Gasteiger charge is 2.31. The van der Waals surface area contributed by atoms with Crippen LogP contribution in [-0.2, 0) is 9.47 Å². The van der Waals surface area contributed by atoms with Gasteiger partial charge in [0.2, 0.25) is 0 Å². The fourth-order valence-electron chi connectivity index (χ4n) is 2.54. The molecule has 1 aliphatic rings. The molecule has 0 radical (unpaired) electrons. The van der Waals surface area contributed by atoms with Crippen LogP contribution in [0, 0.1) is 11.8 Å². The molecular formula is C12H24O3. The summed E-state index contributed by atoms with van der Waals surface area (Å²) in [4.78, 5) is 0. The molecule has 0 aromatic heterocycles. The molecule has 0 amide bonds. The van der Waals surface area contributed by atoms with Crippen LogP contribution >= 0.6 is 0 Å². The van der Waals surface area contributed by atoms with Gasteiger partial charge < -0.3 is 14.6 Å². The molecule has 1 saturated carbocycles. The molecule has 0 aliphatic heterocycles. The number of hydrogen-bond donors (Lipinski definition) is 1. The van der Waals surface area contributed by atoms with E-state index in [0.717, 1.165) is 18.8 Å². The Morgan fingerprint density at radius 3 is 2.07 bits per heavy atom. The van der Waals surface area contributed by atoms with E-state index in [-0.39, 0.29) is 0 Å². The first-order valence-electron chi connectivity index (χ1n) is 5.96. The van der Waals surface area contributed by atoms with Gasteiger partial charge in [-0.25, -0.2) is 0 Å². The quantitative estimate of drug-likeness (QED) is 0.716. The monoisotopic (exact) mass is 216 g/mol. The fraction of sp³-hybridized carbons (Fsp3) is 1.00. The SMILES string of the molecule is CCC1CCC(C(O)C(OC)OC)CC1. The van der Waals surface area contributed by atoms with Crippen molar-refractivity contribution in [3.8, 4) is 0 Å². The Kier molecular flexibility index (Phi) is 5.58. The molecule has 0 heterocycles. The Morgan fingerprint density at radius 1 is 1.13 bits per heavy atom. The number of hydrogen-bond acceptors (Lipinski definition) is 3. The van der Waals surface area contributed by atoms with Crippen LogP contribution in [0.2, 0.25) is 0 Å². The van der Waals surface area contributed by atoms with E-state index < -0.39 is 12.4 Å². The van der Waals surface area contributed by atoms with Crippen LogP contribution in [-0.4, -0.2) is 31.7 Å². The summed E-state index contributed by atoms with van der Waals surface area (Å²) >= 11 is 0. The van der Waals surface area contributed by atoms with Gasteiger partial charge >= 0.3 is 0 Å². The Balaban J connectivity index is 2.38. The van der Waals surface area contributed by atoms with Crippen LogP contribution in [0.5, 0.6) is 0 Å². The van der Waals surface area contributed by atoms with Crippen molar-refractivity contribution in [1.82, 2.24) is 0 Å². The fourth-order valence-corrected chi connectivity index (χ4v) is 2.54. The standard InChI is InChI=1S/C12H24O3/c1-4-9-5-7-10(8-6-9)11(13)12(14-2)15-3/h9-13H,4-8H2,1-3H3. The molecule has 0 aromatic carbocycles. The predicted molar refractivity (Wildman–Crippen MR) is 59.6 cm³/mol. The topological polar surface area (TPSA) is 38.7 Å². The molecule has 0 saturated heterocycles. The summed E-state index contributed by atoms with van der Waals surface area (Å²) in [6, 6.07) is 0. The Hall–Kier alpha value is -0.120. The van der Waals surface area contributed by atoms with Crippen molar-refractivity contribution < 1.29 is 14.6 Å². The van der Waals surface area contributed by atoms with Crippen molar-refractivity contribution >= 4 is 0 Å². The van der Waals surface area contributed by atoms with E-state index >= 15 is 0 Å². The van der Waals surface area contributed by atoms with Crippen LogP contribution < -0.4 is 0 Å². The third kappa shape index (κ3) is 3.44. The highest BCUT2D eigenvalue weighted by Crippen LogP contribution is 2.33. The maximum absolute atomic E-state index is 10.0. The average Bonchev–Trinajstić information content (AvgIpc) is 2.30. The minimum absolute atomic E-state index is 0.345. The van der Waals surface area contributed by atoms with Crippen LogP contribution in [0.1, 0.15) is 39.0 Å². The van der Waals surface area contributed by atoms with Crippen LogP contribution in [0.3, 0.4) is 0 Å². The van der Waals surface area contributed by atoms with E-state index in [4.69, 9.17) is 9.47 Å². The summed E-state index contributed by atoms with van der Waals surface area (Å²) in [6.45, 7) is 2.24. The molecule has 1 aliphatic carbocycles. The van der Waals surface area contributed by atoms with E-state index in [1.807, 2.05) is 0 Å². The average molecular weight is 216 g/mol. The molecule has 1 unspecified atom stereocenters. The molecular weight excluding hydrogens is 192 g/mol. The molecule has 3 nitrogen and oxygen atoms in total. The van der Waals surface area contributed by atoms with E-state index in [2.05, 4.69) is 6.92 Å². The van der Waals surface area contributed by atoms with Crippen LogP contribution in [0.15, 0.2) is 0 Å². The molecule has 15 heavy (non-hydrogen) atoms. The second-order valence-electron chi connectivity index (χ2n) is 4.52. The number of aliphatic hydroxyl groups is 1. The zero-order chi connectivity index (χ0) is 11.3. The maximum atomic E-state index is 10.0. The van der Waals surface area contributed by atoms with Gasteiger partial charge in [0.1, 0.15) is 6.10 Å². The van der Waals surface area contributed by atoms with Gasteiger partial charge in [0.25, 0.3) is 0 Å². The second-order valence-corrected chi connectivity index (χ2v) is 4.52. The Morgan fingerprint density at radius 2 is 1.67 bits per heavy atom. The van der Waals surface area contributed by atoms with E-state index in [9.17, 15) is 5.11 Å². The van der Waals surface area contributed by atoms with E-state index in [1.165, 1.54) is 19.3 Å². The zero-order valence-corrected chi connectivity index (χ0v) is 10.1. The number of methoxy groups -OCH3 is 2. The van der Waals surface area contributed by atoms with E-state index in [1.54, 1.807) is 14.2 Å². The molecule has 1 fully saturated rings. The van der Waals surface area contributed by atoms with Crippen molar-refractivity contribution in [3.63, 3.8) is 0 Å². The lowest BCUT2D eigenvalue weighted by molar-refractivity contribution is -0.182. The summed E-state index contributed by atoms with van der Waals surface area (Å²) in [6.07, 6.45) is 4.99. The van der Waals surface area contributed by atoms with Gasteiger partial charge in [-0.15, -0.1) is 0 Å². The molecule has 90 valence electrons. The first kappa shape index (κ1) is 12.9. The normalized spacial score (nSPS) is 29.4. The Bertz CT molecular complexity index is 160. The molecule has 1 rings (SSSR count). The highest BCUT2D eigenvalue weighted by molar-refractivity contribution is 4.78. The van der Waals surface area contributed by atoms with Gasteiger partial charge in [-0.3, -0.25) is 0 Å². The molecule has 1 N–H and O–H groups in total. The Labute approximate surface area is 92.8 Å². The molecule has 0 aromatic rings. The third-order valence-corrected chi connectivity index (χ3v) is 3.70. The van der Waals surface area contributed by atoms with Gasteiger partial charge in [0, 0.05) is 14.2 Å². The minimum atomic E-state index is -0.474. The van der Waals surface area contributed by atoms with Crippen LogP contribution in [0.25, 0.3) is 0 Å². The third-order valence-electron chi connectivity index (χ3n) is 3.70. The van der Waals surface area contributed by atoms with Crippen molar-refractivity contribution in [2.45, 2.75) is 51.4 Å². The van der Waals surface area contributed by atoms with Crippen molar-refractivity contribution in [3.05, 3.63) is 0 Å². The first-order chi connectivity index (χ1) is 7.22. The summed E-state index contributed by atoms with van der Waals surface area (Å²) in [5, 5.41) is 10.0. The summed E-state index contributed by atoms with van der Waals surface area (Å²) in [7, 11) is 3.16. The summed E-state index contributed by atoms with van der Waals surface area (Å²) < 4.78 is 10.2. The highest BCUT2D eigenvalue weighted by atomic mass is 16.7. The zero-order valence-electron chi connectivity index (χ0n) is 10.1.